The summed E-state index contributed by atoms with van der Waals surface area (Å²) in [6, 6.07) is 25.2. The van der Waals surface area contributed by atoms with Crippen LogP contribution in [0.2, 0.25) is 0 Å². The summed E-state index contributed by atoms with van der Waals surface area (Å²) >= 11 is 0. The largest absolute Gasteiger partial charge is 0.508 e. The number of hydrogen-bond acceptors (Lipinski definition) is 2. The van der Waals surface area contributed by atoms with Gasteiger partial charge in [0.1, 0.15) is 11.5 Å². The van der Waals surface area contributed by atoms with Crippen molar-refractivity contribution in [1.29, 1.82) is 0 Å². The molecule has 3 rings (SSSR count). The van der Waals surface area contributed by atoms with Crippen LogP contribution in [0, 0.1) is 0 Å². The van der Waals surface area contributed by atoms with E-state index in [2.05, 4.69) is 45.0 Å². The maximum Gasteiger partial charge on any atom is 0.115 e. The summed E-state index contributed by atoms with van der Waals surface area (Å²) in [5.74, 6) is 0.660. The summed E-state index contributed by atoms with van der Waals surface area (Å²) in [5, 5.41) is 18.2. The van der Waals surface area contributed by atoms with E-state index in [0.29, 0.717) is 11.5 Å². The van der Waals surface area contributed by atoms with Crippen molar-refractivity contribution in [2.24, 2.45) is 0 Å². The topological polar surface area (TPSA) is 40.5 Å². The normalized spacial score (nSPS) is 10.7. The molecule has 0 heterocycles. The first-order valence-electron chi connectivity index (χ1n) is 9.06. The van der Waals surface area contributed by atoms with Crippen LogP contribution in [0.5, 0.6) is 11.5 Å². The lowest BCUT2D eigenvalue weighted by molar-refractivity contribution is 0.474. The highest BCUT2D eigenvalue weighted by atomic mass is 16.3. The monoisotopic (exact) mass is 348 g/mol. The molecule has 3 aromatic carbocycles. The van der Waals surface area contributed by atoms with Gasteiger partial charge in [-0.25, -0.2) is 0 Å². The van der Waals surface area contributed by atoms with Crippen LogP contribution in [0.15, 0.2) is 78.9 Å². The van der Waals surface area contributed by atoms with E-state index >= 15 is 0 Å². The number of phenols is 2. The second-order valence-corrected chi connectivity index (χ2v) is 6.95. The highest BCUT2D eigenvalue weighted by Gasteiger charge is 2.22. The predicted molar refractivity (Wildman–Crippen MR) is 109 cm³/mol. The van der Waals surface area contributed by atoms with E-state index in [-0.39, 0.29) is 5.41 Å². The Bertz CT molecular complexity index is 773. The van der Waals surface area contributed by atoms with Crippen LogP contribution < -0.4 is 0 Å². The highest BCUT2D eigenvalue weighted by molar-refractivity contribution is 5.39. The molecule has 0 bridgehead atoms. The van der Waals surface area contributed by atoms with E-state index in [9.17, 15) is 5.11 Å². The fourth-order valence-corrected chi connectivity index (χ4v) is 2.85. The SMILES string of the molecule is CC(C)(c1ccccc1)c1ccc(O)cc1.CCCc1ccc(O)cc1. The molecule has 0 atom stereocenters. The van der Waals surface area contributed by atoms with Crippen molar-refractivity contribution in [1.82, 2.24) is 0 Å². The molecule has 0 aromatic heterocycles. The number of benzene rings is 3. The third-order valence-electron chi connectivity index (χ3n) is 4.56. The summed E-state index contributed by atoms with van der Waals surface area (Å²) in [6.07, 6.45) is 2.26. The van der Waals surface area contributed by atoms with Crippen LogP contribution in [-0.4, -0.2) is 10.2 Å². The lowest BCUT2D eigenvalue weighted by Crippen LogP contribution is -2.18. The van der Waals surface area contributed by atoms with Gasteiger partial charge in [-0.3, -0.25) is 0 Å². The Labute approximate surface area is 156 Å². The molecule has 0 spiro atoms. The minimum atomic E-state index is -0.0328. The van der Waals surface area contributed by atoms with Crippen molar-refractivity contribution in [3.63, 3.8) is 0 Å². The Kier molecular flexibility index (Phi) is 6.85. The molecule has 2 heteroatoms. The van der Waals surface area contributed by atoms with Gasteiger partial charge >= 0.3 is 0 Å². The molecule has 136 valence electrons. The van der Waals surface area contributed by atoms with Crippen molar-refractivity contribution in [2.75, 3.05) is 0 Å². The van der Waals surface area contributed by atoms with E-state index in [1.807, 2.05) is 30.3 Å². The third-order valence-corrected chi connectivity index (χ3v) is 4.56. The van der Waals surface area contributed by atoms with Gasteiger partial charge in [0, 0.05) is 5.41 Å². The smallest absolute Gasteiger partial charge is 0.115 e. The van der Waals surface area contributed by atoms with E-state index in [1.54, 1.807) is 24.3 Å². The van der Waals surface area contributed by atoms with Gasteiger partial charge in [-0.2, -0.15) is 0 Å². The fourth-order valence-electron chi connectivity index (χ4n) is 2.85. The molecule has 0 unspecified atom stereocenters. The number of aryl methyl sites for hydroxylation is 1. The van der Waals surface area contributed by atoms with Crippen molar-refractivity contribution in [2.45, 2.75) is 39.0 Å². The molecule has 0 aliphatic carbocycles. The quantitative estimate of drug-likeness (QED) is 0.601. The molecule has 0 amide bonds. The zero-order chi connectivity index (χ0) is 19.0. The summed E-state index contributed by atoms with van der Waals surface area (Å²) < 4.78 is 0. The van der Waals surface area contributed by atoms with Gasteiger partial charge < -0.3 is 10.2 Å². The average molecular weight is 348 g/mol. The Hall–Kier alpha value is -2.74. The van der Waals surface area contributed by atoms with Gasteiger partial charge in [-0.05, 0) is 47.4 Å². The van der Waals surface area contributed by atoms with E-state index in [1.165, 1.54) is 16.7 Å². The van der Waals surface area contributed by atoms with Crippen LogP contribution in [0.4, 0.5) is 0 Å². The molecule has 26 heavy (non-hydrogen) atoms. The average Bonchev–Trinajstić information content (AvgIpc) is 2.65. The molecule has 0 aliphatic rings. The number of aromatic hydroxyl groups is 2. The first-order valence-corrected chi connectivity index (χ1v) is 9.06. The van der Waals surface area contributed by atoms with Gasteiger partial charge in [-0.15, -0.1) is 0 Å². The summed E-state index contributed by atoms with van der Waals surface area (Å²) in [4.78, 5) is 0. The molecule has 3 aromatic rings. The minimum Gasteiger partial charge on any atom is -0.508 e. The molecular weight excluding hydrogens is 320 g/mol. The zero-order valence-electron chi connectivity index (χ0n) is 15.8. The first-order chi connectivity index (χ1) is 12.4. The lowest BCUT2D eigenvalue weighted by Gasteiger charge is -2.26. The fraction of sp³-hybridized carbons (Fsp3) is 0.250. The standard InChI is InChI=1S/C15H16O.C9H12O/c1-15(2,12-6-4-3-5-7-12)13-8-10-14(16)11-9-13;1-2-3-8-4-6-9(10)7-5-8/h3-11,16H,1-2H3;4-7,10H,2-3H2,1H3. The molecule has 0 saturated carbocycles. The van der Waals surface area contributed by atoms with Crippen LogP contribution in [0.3, 0.4) is 0 Å². The summed E-state index contributed by atoms with van der Waals surface area (Å²) in [5.41, 5.74) is 3.74. The Morgan fingerprint density at radius 1 is 0.654 bits per heavy atom. The maximum absolute atomic E-state index is 9.29. The maximum atomic E-state index is 9.29. The van der Waals surface area contributed by atoms with Crippen LogP contribution in [-0.2, 0) is 11.8 Å². The molecule has 0 radical (unpaired) electrons. The summed E-state index contributed by atoms with van der Waals surface area (Å²) in [6.45, 7) is 6.52. The third kappa shape index (κ3) is 5.38. The molecule has 2 nitrogen and oxygen atoms in total. The Morgan fingerprint density at radius 3 is 1.62 bits per heavy atom. The summed E-state index contributed by atoms with van der Waals surface area (Å²) in [7, 11) is 0. The Balaban J connectivity index is 0.000000209. The van der Waals surface area contributed by atoms with Crippen LogP contribution in [0.1, 0.15) is 43.9 Å². The predicted octanol–water partition coefficient (Wildman–Crippen LogP) is 6.06. The number of rotatable bonds is 4. The molecule has 0 fully saturated rings. The van der Waals surface area contributed by atoms with Gasteiger partial charge in [0.2, 0.25) is 0 Å². The van der Waals surface area contributed by atoms with E-state index < -0.39 is 0 Å². The first kappa shape index (κ1) is 19.6. The second kappa shape index (κ2) is 9.10. The Morgan fingerprint density at radius 2 is 1.12 bits per heavy atom. The van der Waals surface area contributed by atoms with Crippen molar-refractivity contribution in [3.8, 4) is 11.5 Å². The van der Waals surface area contributed by atoms with Crippen molar-refractivity contribution >= 4 is 0 Å². The molecule has 0 saturated heterocycles. The second-order valence-electron chi connectivity index (χ2n) is 6.95. The number of phenolic OH excluding ortho intramolecular Hbond substituents is 2. The highest BCUT2D eigenvalue weighted by Crippen LogP contribution is 2.31. The van der Waals surface area contributed by atoms with Gasteiger partial charge in [0.15, 0.2) is 0 Å². The van der Waals surface area contributed by atoms with Crippen molar-refractivity contribution < 1.29 is 10.2 Å². The number of hydrogen-bond donors (Lipinski definition) is 2. The molecular formula is C24H28O2. The van der Waals surface area contributed by atoms with Crippen LogP contribution >= 0.6 is 0 Å². The van der Waals surface area contributed by atoms with Gasteiger partial charge in [-0.1, -0.05) is 81.8 Å². The zero-order valence-corrected chi connectivity index (χ0v) is 15.8. The van der Waals surface area contributed by atoms with E-state index in [0.717, 1.165) is 12.8 Å². The lowest BCUT2D eigenvalue weighted by atomic mass is 9.78. The minimum absolute atomic E-state index is 0.0328. The molecule has 0 aliphatic heterocycles. The van der Waals surface area contributed by atoms with Gasteiger partial charge in [0.05, 0.1) is 0 Å². The van der Waals surface area contributed by atoms with Gasteiger partial charge in [0.25, 0.3) is 0 Å². The molecule has 2 N–H and O–H groups in total. The van der Waals surface area contributed by atoms with Crippen molar-refractivity contribution in [3.05, 3.63) is 95.6 Å². The van der Waals surface area contributed by atoms with Crippen LogP contribution in [0.25, 0.3) is 0 Å². The van der Waals surface area contributed by atoms with E-state index in [4.69, 9.17) is 5.11 Å².